The van der Waals surface area contributed by atoms with Crippen molar-refractivity contribution < 1.29 is 17.6 Å². The molecule has 0 radical (unpaired) electrons. The van der Waals surface area contributed by atoms with Gasteiger partial charge in [0.05, 0.1) is 6.26 Å². The minimum absolute atomic E-state index is 0.0227. The number of carbonyl (C=O) groups is 1. The van der Waals surface area contributed by atoms with Crippen molar-refractivity contribution in [3.8, 4) is 0 Å². The maximum absolute atomic E-state index is 13.0. The van der Waals surface area contributed by atoms with Crippen LogP contribution in [0.5, 0.6) is 0 Å². The van der Waals surface area contributed by atoms with Crippen molar-refractivity contribution in [3.05, 3.63) is 35.6 Å². The van der Waals surface area contributed by atoms with Crippen molar-refractivity contribution >= 4 is 15.9 Å². The van der Waals surface area contributed by atoms with E-state index in [-0.39, 0.29) is 23.7 Å². The largest absolute Gasteiger partial charge is 0.343 e. The van der Waals surface area contributed by atoms with Gasteiger partial charge in [-0.15, -0.1) is 0 Å². The number of amides is 1. The molecule has 134 valence electrons. The molecular formula is C17H25FN2O3S. The second kappa shape index (κ2) is 7.61. The van der Waals surface area contributed by atoms with Crippen LogP contribution in [0.15, 0.2) is 24.3 Å². The van der Waals surface area contributed by atoms with Crippen LogP contribution in [0.1, 0.15) is 37.7 Å². The van der Waals surface area contributed by atoms with E-state index in [1.54, 1.807) is 24.1 Å². The highest BCUT2D eigenvalue weighted by Gasteiger charge is 2.29. The van der Waals surface area contributed by atoms with Crippen molar-refractivity contribution in [2.45, 2.75) is 38.1 Å². The fraction of sp³-hybridized carbons (Fsp3) is 0.588. The van der Waals surface area contributed by atoms with E-state index in [0.717, 1.165) is 5.56 Å². The van der Waals surface area contributed by atoms with Gasteiger partial charge in [0.15, 0.2) is 0 Å². The van der Waals surface area contributed by atoms with Crippen molar-refractivity contribution in [2.24, 2.45) is 0 Å². The number of benzene rings is 1. The summed E-state index contributed by atoms with van der Waals surface area (Å²) in [5.74, 6) is -0.198. The maximum Gasteiger partial charge on any atom is 0.223 e. The second-order valence-corrected chi connectivity index (χ2v) is 8.59. The minimum atomic E-state index is -3.20. The summed E-state index contributed by atoms with van der Waals surface area (Å²) in [6.07, 6.45) is 2.88. The van der Waals surface area contributed by atoms with Crippen LogP contribution in [0.3, 0.4) is 0 Å². The van der Waals surface area contributed by atoms with Gasteiger partial charge in [-0.1, -0.05) is 19.1 Å². The molecule has 24 heavy (non-hydrogen) atoms. The van der Waals surface area contributed by atoms with Crippen molar-refractivity contribution in [2.75, 3.05) is 26.4 Å². The summed E-state index contributed by atoms with van der Waals surface area (Å²) in [6, 6.07) is 6.19. The molecule has 0 bridgehead atoms. The van der Waals surface area contributed by atoms with E-state index in [4.69, 9.17) is 0 Å². The lowest BCUT2D eigenvalue weighted by Crippen LogP contribution is -2.47. The summed E-state index contributed by atoms with van der Waals surface area (Å²) in [6.45, 7) is 3.09. The van der Waals surface area contributed by atoms with E-state index >= 15 is 0 Å². The first-order valence-corrected chi connectivity index (χ1v) is 9.99. The monoisotopic (exact) mass is 356 g/mol. The topological polar surface area (TPSA) is 57.7 Å². The molecule has 1 aromatic rings. The van der Waals surface area contributed by atoms with Gasteiger partial charge in [0.1, 0.15) is 5.82 Å². The zero-order valence-electron chi connectivity index (χ0n) is 14.4. The quantitative estimate of drug-likeness (QED) is 0.813. The highest BCUT2D eigenvalue weighted by atomic mass is 32.2. The summed E-state index contributed by atoms with van der Waals surface area (Å²) in [7, 11) is -1.61. The van der Waals surface area contributed by atoms with Gasteiger partial charge in [0.25, 0.3) is 0 Å². The number of likely N-dealkylation sites (tertiary alicyclic amines) is 1. The standard InChI is InChI=1S/C17H25FN2O3S/c1-13(14-4-6-15(18)7-5-14)12-17(21)20-10-8-16(9-11-20)19(2)24(3,22)23/h4-7,13,16H,8-12H2,1-3H3. The molecule has 1 aliphatic heterocycles. The van der Waals surface area contributed by atoms with Gasteiger partial charge in [0.2, 0.25) is 15.9 Å². The van der Waals surface area contributed by atoms with E-state index in [0.29, 0.717) is 32.4 Å². The van der Waals surface area contributed by atoms with E-state index in [2.05, 4.69) is 0 Å². The predicted molar refractivity (Wildman–Crippen MR) is 91.6 cm³/mol. The molecule has 1 atom stereocenters. The average Bonchev–Trinajstić information content (AvgIpc) is 2.54. The number of nitrogens with zero attached hydrogens (tertiary/aromatic N) is 2. The first kappa shape index (κ1) is 18.9. The van der Waals surface area contributed by atoms with Crippen LogP contribution in [0.25, 0.3) is 0 Å². The third-order valence-corrected chi connectivity index (χ3v) is 6.12. The molecule has 0 aliphatic carbocycles. The van der Waals surface area contributed by atoms with Crippen molar-refractivity contribution in [1.29, 1.82) is 0 Å². The Morgan fingerprint density at radius 1 is 1.29 bits per heavy atom. The summed E-state index contributed by atoms with van der Waals surface area (Å²) in [5.41, 5.74) is 0.941. The minimum Gasteiger partial charge on any atom is -0.343 e. The fourth-order valence-corrected chi connectivity index (χ4v) is 3.80. The molecule has 1 aliphatic rings. The smallest absolute Gasteiger partial charge is 0.223 e. The molecule has 1 amide bonds. The Labute approximate surface area is 143 Å². The Morgan fingerprint density at radius 3 is 2.33 bits per heavy atom. The van der Waals surface area contributed by atoms with Gasteiger partial charge in [-0.3, -0.25) is 4.79 Å². The Hall–Kier alpha value is -1.47. The number of hydrogen-bond donors (Lipinski definition) is 0. The van der Waals surface area contributed by atoms with Crippen LogP contribution in [0, 0.1) is 5.82 Å². The van der Waals surface area contributed by atoms with Crippen molar-refractivity contribution in [3.63, 3.8) is 0 Å². The molecule has 1 heterocycles. The number of hydrogen-bond acceptors (Lipinski definition) is 3. The molecule has 1 unspecified atom stereocenters. The molecule has 0 spiro atoms. The van der Waals surface area contributed by atoms with E-state index in [1.165, 1.54) is 22.7 Å². The van der Waals surface area contributed by atoms with Gasteiger partial charge < -0.3 is 4.90 Å². The van der Waals surface area contributed by atoms with Crippen LogP contribution in [0.4, 0.5) is 4.39 Å². The Bertz CT molecular complexity index is 668. The lowest BCUT2D eigenvalue weighted by molar-refractivity contribution is -0.132. The molecule has 2 rings (SSSR count). The molecule has 1 aromatic carbocycles. The number of piperidine rings is 1. The zero-order valence-corrected chi connectivity index (χ0v) is 15.2. The summed E-state index contributed by atoms with van der Waals surface area (Å²) in [5, 5.41) is 0. The number of sulfonamides is 1. The molecule has 0 N–H and O–H groups in total. The Kier molecular flexibility index (Phi) is 5.98. The van der Waals surface area contributed by atoms with Crippen LogP contribution < -0.4 is 0 Å². The molecule has 7 heteroatoms. The molecule has 5 nitrogen and oxygen atoms in total. The first-order valence-electron chi connectivity index (χ1n) is 8.14. The van der Waals surface area contributed by atoms with Gasteiger partial charge in [-0.2, -0.15) is 0 Å². The third kappa shape index (κ3) is 4.77. The van der Waals surface area contributed by atoms with Gasteiger partial charge in [-0.25, -0.2) is 17.1 Å². The van der Waals surface area contributed by atoms with Crippen LogP contribution in [0.2, 0.25) is 0 Å². The molecule has 1 saturated heterocycles. The van der Waals surface area contributed by atoms with Crippen LogP contribution >= 0.6 is 0 Å². The van der Waals surface area contributed by atoms with E-state index in [1.807, 2.05) is 6.92 Å². The number of rotatable bonds is 5. The lowest BCUT2D eigenvalue weighted by Gasteiger charge is -2.36. The second-order valence-electron chi connectivity index (χ2n) is 6.55. The summed E-state index contributed by atoms with van der Waals surface area (Å²) in [4.78, 5) is 14.2. The van der Waals surface area contributed by atoms with Gasteiger partial charge in [0, 0.05) is 32.6 Å². The van der Waals surface area contributed by atoms with E-state index in [9.17, 15) is 17.6 Å². The zero-order chi connectivity index (χ0) is 17.9. The summed E-state index contributed by atoms with van der Waals surface area (Å²) < 4.78 is 37.5. The first-order chi connectivity index (χ1) is 11.2. The maximum atomic E-state index is 13.0. The fourth-order valence-electron chi connectivity index (χ4n) is 3.05. The number of halogens is 1. The lowest BCUT2D eigenvalue weighted by atomic mass is 9.96. The summed E-state index contributed by atoms with van der Waals surface area (Å²) >= 11 is 0. The molecule has 1 fully saturated rings. The molecule has 0 aromatic heterocycles. The predicted octanol–water partition coefficient (Wildman–Crippen LogP) is 2.20. The highest BCUT2D eigenvalue weighted by molar-refractivity contribution is 7.88. The van der Waals surface area contributed by atoms with Gasteiger partial charge in [-0.05, 0) is 36.5 Å². The van der Waals surface area contributed by atoms with Gasteiger partial charge >= 0.3 is 0 Å². The van der Waals surface area contributed by atoms with Crippen molar-refractivity contribution in [1.82, 2.24) is 9.21 Å². The SMILES string of the molecule is CC(CC(=O)N1CCC(N(C)S(C)(=O)=O)CC1)c1ccc(F)cc1. The number of carbonyl (C=O) groups excluding carboxylic acids is 1. The highest BCUT2D eigenvalue weighted by Crippen LogP contribution is 2.23. The average molecular weight is 356 g/mol. The normalized spacial score (nSPS) is 18.0. The van der Waals surface area contributed by atoms with Crippen LogP contribution in [-0.4, -0.2) is 56.0 Å². The third-order valence-electron chi connectivity index (χ3n) is 4.77. The van der Waals surface area contributed by atoms with Crippen LogP contribution in [-0.2, 0) is 14.8 Å². The Morgan fingerprint density at radius 2 is 1.83 bits per heavy atom. The Balaban J connectivity index is 1.87. The van der Waals surface area contributed by atoms with E-state index < -0.39 is 10.0 Å². The molecule has 0 saturated carbocycles. The molecular weight excluding hydrogens is 331 g/mol.